The molecule has 0 aromatic carbocycles. The van der Waals surface area contributed by atoms with E-state index in [0.29, 0.717) is 13.0 Å². The third kappa shape index (κ3) is 5.18. The SMILES string of the molecule is Cc1cnn([C@@H](C)[C@@H](C)NCCCS(C)(=O)=O)c1. The van der Waals surface area contributed by atoms with Crippen molar-refractivity contribution in [2.24, 2.45) is 0 Å². The molecule has 0 bridgehead atoms. The molecule has 6 heteroatoms. The summed E-state index contributed by atoms with van der Waals surface area (Å²) in [6.07, 6.45) is 5.77. The maximum atomic E-state index is 11.0. The van der Waals surface area contributed by atoms with Gasteiger partial charge in [0.2, 0.25) is 0 Å². The van der Waals surface area contributed by atoms with E-state index in [4.69, 9.17) is 0 Å². The largest absolute Gasteiger partial charge is 0.312 e. The van der Waals surface area contributed by atoms with Gasteiger partial charge in [0.05, 0.1) is 18.0 Å². The van der Waals surface area contributed by atoms with Crippen molar-refractivity contribution in [3.05, 3.63) is 18.0 Å². The van der Waals surface area contributed by atoms with Crippen LogP contribution in [0.5, 0.6) is 0 Å². The number of hydrogen-bond acceptors (Lipinski definition) is 4. The van der Waals surface area contributed by atoms with Gasteiger partial charge in [-0.05, 0) is 39.3 Å². The monoisotopic (exact) mass is 273 g/mol. The zero-order valence-electron chi connectivity index (χ0n) is 11.5. The summed E-state index contributed by atoms with van der Waals surface area (Å²) in [6, 6.07) is 0.501. The molecule has 0 radical (unpaired) electrons. The molecule has 5 nitrogen and oxygen atoms in total. The first-order chi connectivity index (χ1) is 8.29. The Kier molecular flexibility index (Phi) is 5.34. The maximum Gasteiger partial charge on any atom is 0.147 e. The van der Waals surface area contributed by atoms with Crippen LogP contribution in [0.1, 0.15) is 31.9 Å². The highest BCUT2D eigenvalue weighted by molar-refractivity contribution is 7.90. The number of hydrogen-bond donors (Lipinski definition) is 1. The van der Waals surface area contributed by atoms with E-state index in [1.54, 1.807) is 0 Å². The van der Waals surface area contributed by atoms with Crippen LogP contribution in [0, 0.1) is 6.92 Å². The van der Waals surface area contributed by atoms with Crippen LogP contribution in [0.4, 0.5) is 0 Å². The predicted octanol–water partition coefficient (Wildman–Crippen LogP) is 1.17. The maximum absolute atomic E-state index is 11.0. The van der Waals surface area contributed by atoms with E-state index in [1.807, 2.05) is 24.0 Å². The Morgan fingerprint density at radius 3 is 2.61 bits per heavy atom. The van der Waals surface area contributed by atoms with Crippen molar-refractivity contribution in [1.82, 2.24) is 15.1 Å². The summed E-state index contributed by atoms with van der Waals surface area (Å²) in [5.74, 6) is 0.238. The second-order valence-corrected chi connectivity index (χ2v) is 7.22. The number of aromatic nitrogens is 2. The van der Waals surface area contributed by atoms with Gasteiger partial charge in [-0.1, -0.05) is 0 Å². The number of sulfone groups is 1. The smallest absolute Gasteiger partial charge is 0.147 e. The Morgan fingerprint density at radius 2 is 2.11 bits per heavy atom. The summed E-state index contributed by atoms with van der Waals surface area (Å²) >= 11 is 0. The van der Waals surface area contributed by atoms with Gasteiger partial charge in [0.15, 0.2) is 0 Å². The highest BCUT2D eigenvalue weighted by Crippen LogP contribution is 2.10. The lowest BCUT2D eigenvalue weighted by Gasteiger charge is -2.21. The predicted molar refractivity (Wildman–Crippen MR) is 73.5 cm³/mol. The van der Waals surface area contributed by atoms with E-state index in [9.17, 15) is 8.42 Å². The summed E-state index contributed by atoms with van der Waals surface area (Å²) < 4.78 is 23.9. The molecule has 0 amide bonds. The number of nitrogens with zero attached hydrogens (tertiary/aromatic N) is 2. The molecule has 1 aromatic rings. The molecule has 1 aromatic heterocycles. The Hall–Kier alpha value is -0.880. The van der Waals surface area contributed by atoms with Gasteiger partial charge >= 0.3 is 0 Å². The van der Waals surface area contributed by atoms with Crippen LogP contribution < -0.4 is 5.32 Å². The Labute approximate surface area is 109 Å². The molecule has 0 saturated heterocycles. The number of aryl methyl sites for hydroxylation is 1. The van der Waals surface area contributed by atoms with E-state index in [-0.39, 0.29) is 17.8 Å². The molecule has 0 saturated carbocycles. The Morgan fingerprint density at radius 1 is 1.44 bits per heavy atom. The molecule has 0 aliphatic rings. The molecule has 104 valence electrons. The summed E-state index contributed by atoms with van der Waals surface area (Å²) in [5, 5.41) is 7.62. The topological polar surface area (TPSA) is 64.0 Å². The van der Waals surface area contributed by atoms with Crippen LogP contribution in [0.25, 0.3) is 0 Å². The first-order valence-electron chi connectivity index (χ1n) is 6.21. The van der Waals surface area contributed by atoms with E-state index >= 15 is 0 Å². The quantitative estimate of drug-likeness (QED) is 0.757. The second-order valence-electron chi connectivity index (χ2n) is 4.96. The minimum atomic E-state index is -2.85. The van der Waals surface area contributed by atoms with Crippen molar-refractivity contribution in [2.75, 3.05) is 18.6 Å². The second kappa shape index (κ2) is 6.33. The molecule has 18 heavy (non-hydrogen) atoms. The van der Waals surface area contributed by atoms with Gasteiger partial charge in [-0.3, -0.25) is 4.68 Å². The zero-order valence-corrected chi connectivity index (χ0v) is 12.4. The van der Waals surface area contributed by atoms with Gasteiger partial charge in [-0.2, -0.15) is 5.10 Å². The van der Waals surface area contributed by atoms with Gasteiger partial charge in [-0.25, -0.2) is 8.42 Å². The van der Waals surface area contributed by atoms with Crippen molar-refractivity contribution >= 4 is 9.84 Å². The van der Waals surface area contributed by atoms with Crippen LogP contribution >= 0.6 is 0 Å². The third-order valence-corrected chi connectivity index (χ3v) is 4.06. The molecule has 2 atom stereocenters. The molecule has 0 aliphatic carbocycles. The summed E-state index contributed by atoms with van der Waals surface area (Å²) in [4.78, 5) is 0. The normalized spacial score (nSPS) is 15.6. The third-order valence-electron chi connectivity index (χ3n) is 3.03. The molecule has 0 spiro atoms. The first-order valence-corrected chi connectivity index (χ1v) is 8.27. The fourth-order valence-electron chi connectivity index (χ4n) is 1.72. The molecule has 1 N–H and O–H groups in total. The molecular weight excluding hydrogens is 250 g/mol. The van der Waals surface area contributed by atoms with E-state index in [2.05, 4.69) is 24.3 Å². The van der Waals surface area contributed by atoms with Gasteiger partial charge in [0, 0.05) is 18.5 Å². The standard InChI is InChI=1S/C12H23N3O2S/c1-10-8-14-15(9-10)12(3)11(2)13-6-5-7-18(4,16)17/h8-9,11-13H,5-7H2,1-4H3/t11-,12+/m1/s1. The summed E-state index contributed by atoms with van der Waals surface area (Å²) in [5.41, 5.74) is 1.14. The van der Waals surface area contributed by atoms with Crippen LogP contribution in [-0.2, 0) is 9.84 Å². The molecule has 0 aliphatic heterocycles. The Bertz CT molecular complexity index is 467. The lowest BCUT2D eigenvalue weighted by molar-refractivity contribution is 0.367. The van der Waals surface area contributed by atoms with Crippen LogP contribution in [-0.4, -0.2) is 42.8 Å². The average molecular weight is 273 g/mol. The molecular formula is C12H23N3O2S. The molecule has 0 fully saturated rings. The van der Waals surface area contributed by atoms with Crippen molar-refractivity contribution < 1.29 is 8.42 Å². The lowest BCUT2D eigenvalue weighted by atomic mass is 10.1. The first kappa shape index (κ1) is 15.2. The van der Waals surface area contributed by atoms with Gasteiger partial charge in [0.25, 0.3) is 0 Å². The summed E-state index contributed by atoms with van der Waals surface area (Å²) in [7, 11) is -2.85. The van der Waals surface area contributed by atoms with Crippen molar-refractivity contribution in [3.8, 4) is 0 Å². The minimum Gasteiger partial charge on any atom is -0.312 e. The van der Waals surface area contributed by atoms with Crippen molar-refractivity contribution in [3.63, 3.8) is 0 Å². The van der Waals surface area contributed by atoms with E-state index in [0.717, 1.165) is 5.56 Å². The van der Waals surface area contributed by atoms with Crippen LogP contribution in [0.15, 0.2) is 12.4 Å². The number of rotatable bonds is 7. The highest BCUT2D eigenvalue weighted by atomic mass is 32.2. The summed E-state index contributed by atoms with van der Waals surface area (Å²) in [6.45, 7) is 6.90. The fourth-order valence-corrected chi connectivity index (χ4v) is 2.39. The van der Waals surface area contributed by atoms with Crippen LogP contribution in [0.2, 0.25) is 0 Å². The van der Waals surface area contributed by atoms with Gasteiger partial charge in [-0.15, -0.1) is 0 Å². The highest BCUT2D eigenvalue weighted by Gasteiger charge is 2.14. The van der Waals surface area contributed by atoms with Gasteiger partial charge in [0.1, 0.15) is 9.84 Å². The van der Waals surface area contributed by atoms with E-state index < -0.39 is 9.84 Å². The van der Waals surface area contributed by atoms with Crippen molar-refractivity contribution in [2.45, 2.75) is 39.3 Å². The van der Waals surface area contributed by atoms with E-state index in [1.165, 1.54) is 6.26 Å². The molecule has 0 unspecified atom stereocenters. The Balaban J connectivity index is 2.34. The fraction of sp³-hybridized carbons (Fsp3) is 0.750. The zero-order chi connectivity index (χ0) is 13.8. The van der Waals surface area contributed by atoms with Gasteiger partial charge < -0.3 is 5.32 Å². The molecule has 1 heterocycles. The molecule has 1 rings (SSSR count). The number of nitrogens with one attached hydrogen (secondary N) is 1. The van der Waals surface area contributed by atoms with Crippen molar-refractivity contribution in [1.29, 1.82) is 0 Å². The minimum absolute atomic E-state index is 0.238. The lowest BCUT2D eigenvalue weighted by Crippen LogP contribution is -2.35. The average Bonchev–Trinajstić information content (AvgIpc) is 2.68. The van der Waals surface area contributed by atoms with Crippen LogP contribution in [0.3, 0.4) is 0 Å².